The second-order valence-electron chi connectivity index (χ2n) is 8.33. The lowest BCUT2D eigenvalue weighted by Gasteiger charge is -2.32. The summed E-state index contributed by atoms with van der Waals surface area (Å²) >= 11 is 0. The minimum Gasteiger partial charge on any atom is -0.494 e. The molecule has 1 saturated heterocycles. The van der Waals surface area contributed by atoms with Crippen molar-refractivity contribution in [3.8, 4) is 11.6 Å². The van der Waals surface area contributed by atoms with E-state index in [1.807, 2.05) is 12.1 Å². The van der Waals surface area contributed by atoms with Gasteiger partial charge in [0, 0.05) is 56.2 Å². The van der Waals surface area contributed by atoms with E-state index in [4.69, 9.17) is 4.74 Å². The summed E-state index contributed by atoms with van der Waals surface area (Å²) in [5, 5.41) is 10.7. The number of likely N-dealkylation sites (tertiary alicyclic amines) is 1. The number of H-pyrrole nitrogens is 1. The van der Waals surface area contributed by atoms with Crippen molar-refractivity contribution in [2.45, 2.75) is 38.3 Å². The lowest BCUT2D eigenvalue weighted by molar-refractivity contribution is 0.0597. The van der Waals surface area contributed by atoms with E-state index < -0.39 is 5.56 Å². The van der Waals surface area contributed by atoms with Crippen LogP contribution in [0.3, 0.4) is 0 Å². The highest BCUT2D eigenvalue weighted by Crippen LogP contribution is 2.34. The van der Waals surface area contributed by atoms with Gasteiger partial charge in [-0.2, -0.15) is 0 Å². The third kappa shape index (κ3) is 3.79. The second kappa shape index (κ2) is 7.55. The highest BCUT2D eigenvalue weighted by atomic mass is 16.5. The fourth-order valence-corrected chi connectivity index (χ4v) is 4.23. The Kier molecular flexibility index (Phi) is 4.73. The summed E-state index contributed by atoms with van der Waals surface area (Å²) in [6.07, 6.45) is 6.28. The number of carbonyl (C=O) groups is 1. The predicted octanol–water partition coefficient (Wildman–Crippen LogP) is 3.13. The zero-order chi connectivity index (χ0) is 20.7. The van der Waals surface area contributed by atoms with Gasteiger partial charge in [0.1, 0.15) is 11.9 Å². The molecule has 2 aliphatic rings. The molecule has 2 aromatic heterocycles. The molecule has 30 heavy (non-hydrogen) atoms. The molecule has 7 heteroatoms. The number of aromatic amines is 1. The molecule has 1 saturated carbocycles. The Morgan fingerprint density at radius 3 is 2.67 bits per heavy atom. The molecule has 1 aliphatic heterocycles. The average molecular weight is 407 g/mol. The number of nitrogens with zero attached hydrogens (tertiary/aromatic N) is 2. The first-order valence-corrected chi connectivity index (χ1v) is 10.5. The molecule has 0 bridgehead atoms. The minimum absolute atomic E-state index is 0.0408. The Morgan fingerprint density at radius 2 is 1.93 bits per heavy atom. The Labute approximate surface area is 173 Å². The van der Waals surface area contributed by atoms with Gasteiger partial charge < -0.3 is 19.3 Å². The standard InChI is InChI=1S/C23H25N3O4/c27-21-12-16(13-22(28)24-21)23(29)25-9-6-17(7-10-25)30-20-3-1-2-19-18(20)8-11-26(19)14-15-4-5-15/h1-3,8,11-13,15,17H,4-7,9-10,14H2,(H2,24,27,28). The third-order valence-electron chi connectivity index (χ3n) is 6.03. The quantitative estimate of drug-likeness (QED) is 0.680. The van der Waals surface area contributed by atoms with Crippen LogP contribution in [-0.4, -0.2) is 44.7 Å². The Bertz CT molecular complexity index is 1140. The molecule has 7 nitrogen and oxygen atoms in total. The number of amides is 1. The van der Waals surface area contributed by atoms with Crippen molar-refractivity contribution in [2.24, 2.45) is 5.92 Å². The molecule has 5 rings (SSSR count). The van der Waals surface area contributed by atoms with E-state index in [0.717, 1.165) is 36.4 Å². The summed E-state index contributed by atoms with van der Waals surface area (Å²) in [6.45, 7) is 2.18. The number of rotatable bonds is 5. The lowest BCUT2D eigenvalue weighted by Crippen LogP contribution is -2.42. The number of pyridine rings is 1. The van der Waals surface area contributed by atoms with E-state index in [2.05, 4.69) is 27.9 Å². The number of piperidine rings is 1. The molecule has 3 heterocycles. The van der Waals surface area contributed by atoms with E-state index in [9.17, 15) is 14.7 Å². The number of aromatic hydroxyl groups is 1. The van der Waals surface area contributed by atoms with Crippen LogP contribution < -0.4 is 10.3 Å². The Balaban J connectivity index is 1.24. The van der Waals surface area contributed by atoms with E-state index in [1.54, 1.807) is 4.90 Å². The van der Waals surface area contributed by atoms with Gasteiger partial charge in [-0.3, -0.25) is 14.6 Å². The van der Waals surface area contributed by atoms with Crippen LogP contribution in [0.1, 0.15) is 36.0 Å². The molecule has 156 valence electrons. The first-order valence-electron chi connectivity index (χ1n) is 10.5. The summed E-state index contributed by atoms with van der Waals surface area (Å²) < 4.78 is 8.65. The first-order chi connectivity index (χ1) is 14.6. The van der Waals surface area contributed by atoms with E-state index in [1.165, 1.54) is 30.5 Å². The topological polar surface area (TPSA) is 87.6 Å². The van der Waals surface area contributed by atoms with Gasteiger partial charge in [-0.25, -0.2) is 0 Å². The molecule has 1 aliphatic carbocycles. The molecule has 0 unspecified atom stereocenters. The molecule has 1 aromatic carbocycles. The molecular weight excluding hydrogens is 382 g/mol. The van der Waals surface area contributed by atoms with Crippen LogP contribution in [0.2, 0.25) is 0 Å². The maximum atomic E-state index is 12.7. The SMILES string of the molecule is O=C(c1cc(O)[nH]c(=O)c1)N1CCC(Oc2cccc3c2ccn3CC2CC2)CC1. The van der Waals surface area contributed by atoms with Crippen molar-refractivity contribution in [3.63, 3.8) is 0 Å². The van der Waals surface area contributed by atoms with Gasteiger partial charge in [0.2, 0.25) is 0 Å². The number of hydrogen-bond donors (Lipinski definition) is 2. The monoisotopic (exact) mass is 407 g/mol. The molecular formula is C23H25N3O4. The maximum absolute atomic E-state index is 12.7. The molecule has 0 atom stereocenters. The fraction of sp³-hybridized carbons (Fsp3) is 0.391. The van der Waals surface area contributed by atoms with Crippen LogP contribution in [0, 0.1) is 5.92 Å². The zero-order valence-corrected chi connectivity index (χ0v) is 16.7. The van der Waals surface area contributed by atoms with Crippen LogP contribution >= 0.6 is 0 Å². The molecule has 0 spiro atoms. The summed E-state index contributed by atoms with van der Waals surface area (Å²) in [6, 6.07) is 10.8. The number of benzene rings is 1. The maximum Gasteiger partial charge on any atom is 0.254 e. The molecule has 1 amide bonds. The third-order valence-corrected chi connectivity index (χ3v) is 6.03. The van der Waals surface area contributed by atoms with Crippen molar-refractivity contribution < 1.29 is 14.6 Å². The Morgan fingerprint density at radius 1 is 1.13 bits per heavy atom. The van der Waals surface area contributed by atoms with E-state index in [0.29, 0.717) is 13.1 Å². The van der Waals surface area contributed by atoms with Gasteiger partial charge in [0.25, 0.3) is 11.5 Å². The first kappa shape index (κ1) is 18.8. The van der Waals surface area contributed by atoms with Gasteiger partial charge >= 0.3 is 0 Å². The van der Waals surface area contributed by atoms with Gasteiger partial charge in [-0.05, 0) is 37.0 Å². The molecule has 0 radical (unpaired) electrons. The summed E-state index contributed by atoms with van der Waals surface area (Å²) in [5.41, 5.74) is 0.928. The van der Waals surface area contributed by atoms with Crippen LogP contribution in [0.5, 0.6) is 11.6 Å². The van der Waals surface area contributed by atoms with Crippen molar-refractivity contribution >= 4 is 16.8 Å². The van der Waals surface area contributed by atoms with Crippen molar-refractivity contribution in [2.75, 3.05) is 13.1 Å². The van der Waals surface area contributed by atoms with Crippen LogP contribution in [0.15, 0.2) is 47.4 Å². The van der Waals surface area contributed by atoms with Crippen molar-refractivity contribution in [1.29, 1.82) is 0 Å². The highest BCUT2D eigenvalue weighted by Gasteiger charge is 2.26. The number of ether oxygens (including phenoxy) is 1. The van der Waals surface area contributed by atoms with E-state index in [-0.39, 0.29) is 23.5 Å². The summed E-state index contributed by atoms with van der Waals surface area (Å²) in [7, 11) is 0. The molecule has 2 fully saturated rings. The predicted molar refractivity (Wildman–Crippen MR) is 113 cm³/mol. The second-order valence-corrected chi connectivity index (χ2v) is 8.33. The fourth-order valence-electron chi connectivity index (χ4n) is 4.23. The smallest absolute Gasteiger partial charge is 0.254 e. The van der Waals surface area contributed by atoms with Gasteiger partial charge in [0.05, 0.1) is 11.1 Å². The summed E-state index contributed by atoms with van der Waals surface area (Å²) in [4.78, 5) is 28.1. The molecule has 3 aromatic rings. The largest absolute Gasteiger partial charge is 0.494 e. The van der Waals surface area contributed by atoms with Gasteiger partial charge in [-0.1, -0.05) is 6.07 Å². The number of carbonyl (C=O) groups excluding carboxylic acids is 1. The van der Waals surface area contributed by atoms with Crippen LogP contribution in [0.25, 0.3) is 10.9 Å². The Hall–Kier alpha value is -3.22. The van der Waals surface area contributed by atoms with Crippen LogP contribution in [0.4, 0.5) is 0 Å². The van der Waals surface area contributed by atoms with Gasteiger partial charge in [0.15, 0.2) is 5.88 Å². The number of hydrogen-bond acceptors (Lipinski definition) is 4. The molecule has 2 N–H and O–H groups in total. The van der Waals surface area contributed by atoms with E-state index >= 15 is 0 Å². The van der Waals surface area contributed by atoms with Crippen molar-refractivity contribution in [1.82, 2.24) is 14.5 Å². The number of aromatic nitrogens is 2. The summed E-state index contributed by atoms with van der Waals surface area (Å²) in [5.74, 6) is 1.17. The average Bonchev–Trinajstić information content (AvgIpc) is 3.46. The minimum atomic E-state index is -0.488. The number of nitrogens with one attached hydrogen (secondary N) is 1. The lowest BCUT2D eigenvalue weighted by atomic mass is 10.1. The van der Waals surface area contributed by atoms with Gasteiger partial charge in [-0.15, -0.1) is 0 Å². The number of fused-ring (bicyclic) bond motifs is 1. The highest BCUT2D eigenvalue weighted by molar-refractivity contribution is 5.94. The zero-order valence-electron chi connectivity index (χ0n) is 16.7. The normalized spacial score (nSPS) is 17.4. The van der Waals surface area contributed by atoms with Crippen LogP contribution in [-0.2, 0) is 6.54 Å². The van der Waals surface area contributed by atoms with Crippen molar-refractivity contribution in [3.05, 3.63) is 58.5 Å².